The van der Waals surface area contributed by atoms with Gasteiger partial charge in [-0.05, 0) is 41.5 Å². The Morgan fingerprint density at radius 2 is 1.04 bits per heavy atom. The van der Waals surface area contributed by atoms with E-state index < -0.39 is 0 Å². The molecule has 11 rings (SSSR count). The molecule has 7 aromatic carbocycles. The number of nitrogens with one attached hydrogen (secondary N) is 1. The molecule has 52 heavy (non-hydrogen) atoms. The van der Waals surface area contributed by atoms with Crippen LogP contribution in [0.3, 0.4) is 0 Å². The van der Waals surface area contributed by atoms with Gasteiger partial charge in [-0.25, -0.2) is 4.68 Å². The molecule has 242 valence electrons. The number of fused-ring (bicyclic) bond motifs is 6. The molecule has 0 bridgehead atoms. The van der Waals surface area contributed by atoms with Crippen molar-refractivity contribution in [2.75, 3.05) is 5.32 Å². The van der Waals surface area contributed by atoms with Gasteiger partial charge in [0.15, 0.2) is 23.1 Å². The zero-order valence-electron chi connectivity index (χ0n) is 27.2. The number of carbonyl (C=O) groups is 4. The first kappa shape index (κ1) is 28.6. The van der Waals surface area contributed by atoms with Crippen LogP contribution in [0.1, 0.15) is 63.7 Å². The van der Waals surface area contributed by atoms with Crippen LogP contribution in [0.15, 0.2) is 133 Å². The molecule has 1 aromatic heterocycles. The Morgan fingerprint density at radius 1 is 0.442 bits per heavy atom. The van der Waals surface area contributed by atoms with Gasteiger partial charge in [0.2, 0.25) is 0 Å². The van der Waals surface area contributed by atoms with Gasteiger partial charge in [0.05, 0.1) is 22.5 Å². The van der Waals surface area contributed by atoms with Crippen LogP contribution in [0, 0.1) is 0 Å². The maximum Gasteiger partial charge on any atom is 0.196 e. The summed E-state index contributed by atoms with van der Waals surface area (Å²) in [5.41, 5.74) is 9.88. The lowest BCUT2D eigenvalue weighted by Gasteiger charge is -2.23. The number of hydrogen-bond donors (Lipinski definition) is 1. The number of rotatable bonds is 3. The van der Waals surface area contributed by atoms with Crippen molar-refractivity contribution in [3.05, 3.63) is 178 Å². The van der Waals surface area contributed by atoms with Gasteiger partial charge in [-0.15, -0.1) is 0 Å². The van der Waals surface area contributed by atoms with Gasteiger partial charge in [0.1, 0.15) is 5.69 Å². The predicted molar refractivity (Wildman–Crippen MR) is 199 cm³/mol. The number of carbonyl (C=O) groups excluding carboxylic acids is 4. The van der Waals surface area contributed by atoms with Crippen LogP contribution in [0.25, 0.3) is 49.7 Å². The summed E-state index contributed by atoms with van der Waals surface area (Å²) >= 11 is 0. The summed E-state index contributed by atoms with van der Waals surface area (Å²) in [5, 5.41) is 11.0. The van der Waals surface area contributed by atoms with Gasteiger partial charge in [-0.1, -0.05) is 103 Å². The lowest BCUT2D eigenvalue weighted by Crippen LogP contribution is -2.22. The third-order valence-corrected chi connectivity index (χ3v) is 10.7. The Bertz CT molecular complexity index is 3020. The second kappa shape index (κ2) is 10.2. The van der Waals surface area contributed by atoms with Crippen LogP contribution in [-0.2, 0) is 0 Å². The van der Waals surface area contributed by atoms with E-state index in [2.05, 4.69) is 5.32 Å². The van der Waals surface area contributed by atoms with Crippen molar-refractivity contribution >= 4 is 56.2 Å². The summed E-state index contributed by atoms with van der Waals surface area (Å²) in [7, 11) is 0. The van der Waals surface area contributed by atoms with Crippen LogP contribution in [0.2, 0.25) is 0 Å². The number of hydrogen-bond acceptors (Lipinski definition) is 6. The highest BCUT2D eigenvalue weighted by Gasteiger charge is 2.33. The van der Waals surface area contributed by atoms with Gasteiger partial charge in [0, 0.05) is 66.4 Å². The summed E-state index contributed by atoms with van der Waals surface area (Å²) < 4.78 is 1.89. The minimum Gasteiger partial charge on any atom is -0.355 e. The topological polar surface area (TPSA) is 98.1 Å². The SMILES string of the molecule is O=C1c2ccccc2C(=O)c2c(Nc3ccc4c(c3)C(=O)c3cccc5c(-n6nc7c8c(cccc86)C(=O)c6ccccc6-7)ccc-4c35)cccc21. The van der Waals surface area contributed by atoms with Crippen LogP contribution in [-0.4, -0.2) is 32.9 Å². The highest BCUT2D eigenvalue weighted by Crippen LogP contribution is 2.45. The monoisotopic (exact) mass is 669 g/mol. The smallest absolute Gasteiger partial charge is 0.196 e. The minimum atomic E-state index is -0.218. The molecule has 0 spiro atoms. The van der Waals surface area contributed by atoms with E-state index in [9.17, 15) is 19.2 Å². The molecule has 0 unspecified atom stereocenters. The van der Waals surface area contributed by atoms with Crippen LogP contribution < -0.4 is 5.32 Å². The highest BCUT2D eigenvalue weighted by molar-refractivity contribution is 6.31. The van der Waals surface area contributed by atoms with Gasteiger partial charge >= 0.3 is 0 Å². The first-order chi connectivity index (χ1) is 25.5. The molecule has 0 amide bonds. The van der Waals surface area contributed by atoms with E-state index >= 15 is 0 Å². The largest absolute Gasteiger partial charge is 0.355 e. The molecule has 0 aliphatic heterocycles. The van der Waals surface area contributed by atoms with Crippen LogP contribution in [0.5, 0.6) is 0 Å². The maximum absolute atomic E-state index is 14.3. The van der Waals surface area contributed by atoms with E-state index in [1.165, 1.54) is 0 Å². The third-order valence-electron chi connectivity index (χ3n) is 10.7. The summed E-state index contributed by atoms with van der Waals surface area (Å²) in [4.78, 5) is 54.8. The minimum absolute atomic E-state index is 0.0150. The summed E-state index contributed by atoms with van der Waals surface area (Å²) in [6.07, 6.45) is 0. The molecule has 0 fully saturated rings. The molecule has 8 aromatic rings. The number of aromatic nitrogens is 2. The highest BCUT2D eigenvalue weighted by atomic mass is 16.1. The molecule has 7 heteroatoms. The van der Waals surface area contributed by atoms with Crippen LogP contribution in [0.4, 0.5) is 11.4 Å². The van der Waals surface area contributed by atoms with E-state index in [4.69, 9.17) is 5.10 Å². The summed E-state index contributed by atoms with van der Waals surface area (Å²) in [5.74, 6) is -0.539. The van der Waals surface area contributed by atoms with Crippen LogP contribution >= 0.6 is 0 Å². The van der Waals surface area contributed by atoms with Gasteiger partial charge in [-0.3, -0.25) is 19.2 Å². The zero-order valence-corrected chi connectivity index (χ0v) is 27.2. The first-order valence-corrected chi connectivity index (χ1v) is 17.0. The number of nitrogens with zero attached hydrogens (tertiary/aromatic N) is 2. The Hall–Kier alpha value is -7.25. The molecule has 3 aliphatic rings. The average Bonchev–Trinajstić information content (AvgIpc) is 3.58. The average molecular weight is 670 g/mol. The number of anilines is 2. The molecule has 7 nitrogen and oxygen atoms in total. The number of benzene rings is 7. The van der Waals surface area contributed by atoms with E-state index in [0.717, 1.165) is 49.7 Å². The fourth-order valence-corrected chi connectivity index (χ4v) is 8.35. The van der Waals surface area contributed by atoms with Crippen molar-refractivity contribution in [1.82, 2.24) is 9.78 Å². The third kappa shape index (κ3) is 3.66. The van der Waals surface area contributed by atoms with Gasteiger partial charge in [0.25, 0.3) is 0 Å². The molecule has 1 N–H and O–H groups in total. The fraction of sp³-hybridized carbons (Fsp3) is 0. The standard InChI is InChI=1S/C45H23N3O4/c49-42-27-9-2-1-8-26(27)41-40-33(42)15-7-17-37(40)48(47-41)36-21-20-25-24-19-18-23(22-34(24)44(51)31-13-5-12-30(36)38(25)31)46-35-16-6-14-32-39(35)45(52)29-11-4-3-10-28(29)43(32)50/h1-22,46H. The Kier molecular flexibility index (Phi) is 5.58. The number of ketones is 4. The second-order valence-corrected chi connectivity index (χ2v) is 13.3. The van der Waals surface area contributed by atoms with Crippen molar-refractivity contribution in [1.29, 1.82) is 0 Å². The molecule has 0 saturated heterocycles. The predicted octanol–water partition coefficient (Wildman–Crippen LogP) is 9.12. The van der Waals surface area contributed by atoms with Crippen molar-refractivity contribution in [2.24, 2.45) is 0 Å². The molecule has 3 aliphatic carbocycles. The van der Waals surface area contributed by atoms with Crippen molar-refractivity contribution in [3.63, 3.8) is 0 Å². The van der Waals surface area contributed by atoms with Gasteiger partial charge < -0.3 is 5.32 Å². The molecular weight excluding hydrogens is 647 g/mol. The lowest BCUT2D eigenvalue weighted by molar-refractivity contribution is 0.0979. The Morgan fingerprint density at radius 3 is 1.85 bits per heavy atom. The van der Waals surface area contributed by atoms with E-state index in [1.54, 1.807) is 42.5 Å². The second-order valence-electron chi connectivity index (χ2n) is 13.3. The van der Waals surface area contributed by atoms with Gasteiger partial charge in [-0.2, -0.15) is 5.10 Å². The van der Waals surface area contributed by atoms with E-state index in [1.807, 2.05) is 95.7 Å². The molecule has 1 heterocycles. The molecule has 0 radical (unpaired) electrons. The fourth-order valence-electron chi connectivity index (χ4n) is 8.35. The lowest BCUT2D eigenvalue weighted by atomic mass is 9.82. The maximum atomic E-state index is 14.3. The Balaban J connectivity index is 1.03. The van der Waals surface area contributed by atoms with E-state index in [-0.39, 0.29) is 23.1 Å². The molecule has 0 atom stereocenters. The molecule has 0 saturated carbocycles. The van der Waals surface area contributed by atoms with E-state index in [0.29, 0.717) is 55.9 Å². The van der Waals surface area contributed by atoms with Crippen molar-refractivity contribution in [2.45, 2.75) is 0 Å². The summed E-state index contributed by atoms with van der Waals surface area (Å²) in [6, 6.07) is 40.8. The molecular formula is C45H23N3O4. The quantitative estimate of drug-likeness (QED) is 0.202. The Labute approximate surface area is 295 Å². The van der Waals surface area contributed by atoms with Crippen molar-refractivity contribution in [3.8, 4) is 28.1 Å². The van der Waals surface area contributed by atoms with Crippen molar-refractivity contribution < 1.29 is 19.2 Å². The zero-order chi connectivity index (χ0) is 34.8. The normalized spacial score (nSPS) is 13.5. The summed E-state index contributed by atoms with van der Waals surface area (Å²) in [6.45, 7) is 0. The first-order valence-electron chi connectivity index (χ1n) is 17.0.